The van der Waals surface area contributed by atoms with Gasteiger partial charge in [0.1, 0.15) is 5.75 Å². The minimum atomic E-state index is -0.0988. The molecule has 3 rings (SSSR count). The SMILES string of the molecule is CCCOc1ccccc1NC(=O)Cc1cn2ccsc2n1. The van der Waals surface area contributed by atoms with Crippen molar-refractivity contribution in [1.29, 1.82) is 0 Å². The minimum absolute atomic E-state index is 0.0988. The number of ether oxygens (including phenoxy) is 1. The summed E-state index contributed by atoms with van der Waals surface area (Å²) in [5, 5.41) is 4.86. The number of fused-ring (bicyclic) bond motifs is 1. The predicted octanol–water partition coefficient (Wildman–Crippen LogP) is 3.37. The Morgan fingerprint density at radius 3 is 3.09 bits per heavy atom. The van der Waals surface area contributed by atoms with Crippen molar-refractivity contribution < 1.29 is 9.53 Å². The van der Waals surface area contributed by atoms with Crippen molar-refractivity contribution in [2.75, 3.05) is 11.9 Å². The molecule has 1 amide bonds. The standard InChI is InChI=1S/C16H17N3O2S/c1-2-8-21-14-6-4-3-5-13(14)18-15(20)10-12-11-19-7-9-22-16(19)17-12/h3-7,9,11H,2,8,10H2,1H3,(H,18,20). The lowest BCUT2D eigenvalue weighted by atomic mass is 10.2. The van der Waals surface area contributed by atoms with Crippen LogP contribution in [-0.2, 0) is 11.2 Å². The smallest absolute Gasteiger partial charge is 0.230 e. The molecule has 22 heavy (non-hydrogen) atoms. The van der Waals surface area contributed by atoms with Crippen LogP contribution in [0, 0.1) is 0 Å². The molecule has 114 valence electrons. The van der Waals surface area contributed by atoms with Gasteiger partial charge < -0.3 is 10.1 Å². The summed E-state index contributed by atoms with van der Waals surface area (Å²) in [6.45, 7) is 2.68. The topological polar surface area (TPSA) is 55.6 Å². The highest BCUT2D eigenvalue weighted by Gasteiger charge is 2.11. The summed E-state index contributed by atoms with van der Waals surface area (Å²) in [6.07, 6.45) is 4.98. The molecule has 5 nitrogen and oxygen atoms in total. The number of thiazole rings is 1. The van der Waals surface area contributed by atoms with Crippen molar-refractivity contribution in [1.82, 2.24) is 9.38 Å². The Bertz CT molecular complexity index is 750. The first-order valence-corrected chi connectivity index (χ1v) is 8.07. The van der Waals surface area contributed by atoms with Crippen LogP contribution in [0.25, 0.3) is 4.96 Å². The van der Waals surface area contributed by atoms with Gasteiger partial charge in [-0.1, -0.05) is 19.1 Å². The van der Waals surface area contributed by atoms with Crippen LogP contribution in [0.4, 0.5) is 5.69 Å². The molecule has 3 aromatic rings. The molecule has 0 unspecified atom stereocenters. The number of para-hydroxylation sites is 2. The second-order valence-electron chi connectivity index (χ2n) is 4.89. The number of imidazole rings is 1. The van der Waals surface area contributed by atoms with Gasteiger partial charge in [-0.05, 0) is 18.6 Å². The van der Waals surface area contributed by atoms with Crippen LogP contribution in [-0.4, -0.2) is 21.9 Å². The molecule has 2 heterocycles. The van der Waals surface area contributed by atoms with Gasteiger partial charge in [-0.2, -0.15) is 0 Å². The van der Waals surface area contributed by atoms with E-state index in [0.717, 1.165) is 17.1 Å². The van der Waals surface area contributed by atoms with E-state index in [1.165, 1.54) is 0 Å². The summed E-state index contributed by atoms with van der Waals surface area (Å²) >= 11 is 1.55. The summed E-state index contributed by atoms with van der Waals surface area (Å²) in [7, 11) is 0. The van der Waals surface area contributed by atoms with Gasteiger partial charge in [-0.15, -0.1) is 11.3 Å². The number of nitrogens with one attached hydrogen (secondary N) is 1. The molecular weight excluding hydrogens is 298 g/mol. The summed E-state index contributed by atoms with van der Waals surface area (Å²) in [5.41, 5.74) is 1.46. The van der Waals surface area contributed by atoms with E-state index in [1.807, 2.05) is 53.4 Å². The molecule has 0 atom stereocenters. The number of carbonyl (C=O) groups is 1. The Balaban J connectivity index is 1.67. The first-order valence-electron chi connectivity index (χ1n) is 7.19. The summed E-state index contributed by atoms with van der Waals surface area (Å²) < 4.78 is 7.56. The highest BCUT2D eigenvalue weighted by atomic mass is 32.1. The molecule has 0 saturated carbocycles. The average molecular weight is 315 g/mol. The molecule has 0 bridgehead atoms. The Morgan fingerprint density at radius 1 is 1.41 bits per heavy atom. The van der Waals surface area contributed by atoms with Gasteiger partial charge in [0.05, 0.1) is 24.4 Å². The van der Waals surface area contributed by atoms with Gasteiger partial charge in [0.25, 0.3) is 0 Å². The second-order valence-corrected chi connectivity index (χ2v) is 5.77. The molecule has 6 heteroatoms. The molecule has 1 aromatic carbocycles. The third-order valence-corrected chi connectivity index (χ3v) is 3.88. The first-order chi connectivity index (χ1) is 10.8. The number of anilines is 1. The molecule has 0 radical (unpaired) electrons. The number of aromatic nitrogens is 2. The van der Waals surface area contributed by atoms with E-state index in [0.29, 0.717) is 18.0 Å². The third-order valence-electron chi connectivity index (χ3n) is 3.11. The van der Waals surface area contributed by atoms with E-state index in [2.05, 4.69) is 10.3 Å². The van der Waals surface area contributed by atoms with Crippen LogP contribution in [0.5, 0.6) is 5.75 Å². The molecule has 0 aliphatic rings. The van der Waals surface area contributed by atoms with Gasteiger partial charge >= 0.3 is 0 Å². The van der Waals surface area contributed by atoms with Crippen LogP contribution < -0.4 is 10.1 Å². The van der Waals surface area contributed by atoms with Crippen LogP contribution in [0.15, 0.2) is 42.0 Å². The molecule has 0 fully saturated rings. The second kappa shape index (κ2) is 6.62. The van der Waals surface area contributed by atoms with Crippen molar-refractivity contribution >= 4 is 27.9 Å². The maximum absolute atomic E-state index is 12.2. The number of amides is 1. The zero-order valence-corrected chi connectivity index (χ0v) is 13.1. The monoisotopic (exact) mass is 315 g/mol. The third kappa shape index (κ3) is 3.28. The fraction of sp³-hybridized carbons (Fsp3) is 0.250. The van der Waals surface area contributed by atoms with E-state index in [9.17, 15) is 4.79 Å². The van der Waals surface area contributed by atoms with E-state index in [4.69, 9.17) is 4.74 Å². The van der Waals surface area contributed by atoms with Crippen LogP contribution in [0.3, 0.4) is 0 Å². The number of carbonyl (C=O) groups excluding carboxylic acids is 1. The number of nitrogens with zero attached hydrogens (tertiary/aromatic N) is 2. The largest absolute Gasteiger partial charge is 0.491 e. The van der Waals surface area contributed by atoms with Crippen LogP contribution >= 0.6 is 11.3 Å². The van der Waals surface area contributed by atoms with Crippen LogP contribution in [0.2, 0.25) is 0 Å². The predicted molar refractivity (Wildman–Crippen MR) is 87.6 cm³/mol. The van der Waals surface area contributed by atoms with Gasteiger partial charge in [0, 0.05) is 17.8 Å². The highest BCUT2D eigenvalue weighted by molar-refractivity contribution is 7.15. The van der Waals surface area contributed by atoms with E-state index >= 15 is 0 Å². The Hall–Kier alpha value is -2.34. The molecule has 0 aliphatic heterocycles. The lowest BCUT2D eigenvalue weighted by molar-refractivity contribution is -0.115. The summed E-state index contributed by atoms with van der Waals surface area (Å²) in [5.74, 6) is 0.599. The highest BCUT2D eigenvalue weighted by Crippen LogP contribution is 2.24. The summed E-state index contributed by atoms with van der Waals surface area (Å²) in [4.78, 5) is 17.5. The number of hydrogen-bond donors (Lipinski definition) is 1. The van der Waals surface area contributed by atoms with Crippen molar-refractivity contribution in [3.05, 3.63) is 47.7 Å². The van der Waals surface area contributed by atoms with Gasteiger partial charge in [0.15, 0.2) is 4.96 Å². The minimum Gasteiger partial charge on any atom is -0.491 e. The Labute approximate surface area is 132 Å². The average Bonchev–Trinajstić information content (AvgIpc) is 3.07. The van der Waals surface area contributed by atoms with Crippen molar-refractivity contribution in [2.24, 2.45) is 0 Å². The zero-order chi connectivity index (χ0) is 15.4. The lowest BCUT2D eigenvalue weighted by Gasteiger charge is -2.11. The van der Waals surface area contributed by atoms with Crippen molar-refractivity contribution in [3.8, 4) is 5.75 Å². The maximum atomic E-state index is 12.2. The van der Waals surface area contributed by atoms with E-state index < -0.39 is 0 Å². The molecule has 1 N–H and O–H groups in total. The maximum Gasteiger partial charge on any atom is 0.230 e. The fourth-order valence-corrected chi connectivity index (χ4v) is 2.85. The normalized spacial score (nSPS) is 10.8. The van der Waals surface area contributed by atoms with Gasteiger partial charge in [-0.25, -0.2) is 4.98 Å². The molecule has 0 saturated heterocycles. The zero-order valence-electron chi connectivity index (χ0n) is 12.3. The van der Waals surface area contributed by atoms with Crippen molar-refractivity contribution in [3.63, 3.8) is 0 Å². The number of hydrogen-bond acceptors (Lipinski definition) is 4. The molecular formula is C16H17N3O2S. The quantitative estimate of drug-likeness (QED) is 0.759. The molecule has 0 spiro atoms. The van der Waals surface area contributed by atoms with E-state index in [-0.39, 0.29) is 12.3 Å². The fourth-order valence-electron chi connectivity index (χ4n) is 2.13. The Morgan fingerprint density at radius 2 is 2.27 bits per heavy atom. The van der Waals surface area contributed by atoms with Crippen molar-refractivity contribution in [2.45, 2.75) is 19.8 Å². The lowest BCUT2D eigenvalue weighted by Crippen LogP contribution is -2.15. The summed E-state index contributed by atoms with van der Waals surface area (Å²) in [6, 6.07) is 7.47. The number of rotatable bonds is 6. The Kier molecular flexibility index (Phi) is 4.39. The van der Waals surface area contributed by atoms with E-state index in [1.54, 1.807) is 11.3 Å². The number of benzene rings is 1. The molecule has 0 aliphatic carbocycles. The van der Waals surface area contributed by atoms with Gasteiger partial charge in [-0.3, -0.25) is 9.20 Å². The first kappa shape index (κ1) is 14.6. The molecule has 2 aromatic heterocycles. The van der Waals surface area contributed by atoms with Crippen LogP contribution in [0.1, 0.15) is 19.0 Å². The van der Waals surface area contributed by atoms with Gasteiger partial charge in [0.2, 0.25) is 5.91 Å².